The van der Waals surface area contributed by atoms with Gasteiger partial charge < -0.3 is 4.74 Å². The van der Waals surface area contributed by atoms with Gasteiger partial charge in [0.25, 0.3) is 0 Å². The topological polar surface area (TPSA) is 53.3 Å². The van der Waals surface area contributed by atoms with Gasteiger partial charge in [0.1, 0.15) is 12.3 Å². The molecule has 1 aromatic rings. The molecule has 4 nitrogen and oxygen atoms in total. The van der Waals surface area contributed by atoms with Crippen molar-refractivity contribution in [2.24, 2.45) is 0 Å². The molecule has 0 bridgehead atoms. The average Bonchev–Trinajstić information content (AvgIpc) is 2.19. The number of ether oxygens (including phenoxy) is 1. The summed E-state index contributed by atoms with van der Waals surface area (Å²) in [5, 5.41) is 8.48. The zero-order valence-electron chi connectivity index (χ0n) is 7.43. The first-order chi connectivity index (χ1) is 6.81. The summed E-state index contributed by atoms with van der Waals surface area (Å²) in [4.78, 5) is 12.7. The number of fused-ring (bicyclic) bond motifs is 1. The van der Waals surface area contributed by atoms with Crippen LogP contribution >= 0.6 is 0 Å². The summed E-state index contributed by atoms with van der Waals surface area (Å²) in [6.07, 6.45) is -0.453. The third-order valence-electron chi connectivity index (χ3n) is 2.05. The normalized spacial score (nSPS) is 14.2. The second kappa shape index (κ2) is 3.38. The summed E-state index contributed by atoms with van der Waals surface area (Å²) >= 11 is 0. The smallest absolute Gasteiger partial charge is 0.410 e. The molecule has 1 heterocycles. The minimum absolute atomic E-state index is 0.0627. The molecule has 0 spiro atoms. The highest BCUT2D eigenvalue weighted by atomic mass is 16.6. The van der Waals surface area contributed by atoms with E-state index in [9.17, 15) is 4.79 Å². The molecular formula is C10H8N2O2. The first-order valence-corrected chi connectivity index (χ1v) is 4.23. The number of nitrogens with zero attached hydrogens (tertiary/aromatic N) is 2. The molecule has 0 aliphatic carbocycles. The quantitative estimate of drug-likeness (QED) is 0.628. The van der Waals surface area contributed by atoms with Gasteiger partial charge in [-0.2, -0.15) is 5.26 Å². The van der Waals surface area contributed by atoms with Crippen LogP contribution in [-0.2, 0) is 6.54 Å². The van der Waals surface area contributed by atoms with E-state index in [-0.39, 0.29) is 6.54 Å². The van der Waals surface area contributed by atoms with Crippen LogP contribution in [0.1, 0.15) is 5.56 Å². The van der Waals surface area contributed by atoms with Crippen molar-refractivity contribution in [3.63, 3.8) is 0 Å². The zero-order valence-corrected chi connectivity index (χ0v) is 7.43. The molecule has 1 aliphatic heterocycles. The Morgan fingerprint density at radius 1 is 1.50 bits per heavy atom. The molecule has 0 aromatic heterocycles. The van der Waals surface area contributed by atoms with E-state index < -0.39 is 6.09 Å². The highest BCUT2D eigenvalue weighted by molar-refractivity contribution is 5.73. The van der Waals surface area contributed by atoms with Crippen LogP contribution in [-0.4, -0.2) is 17.5 Å². The van der Waals surface area contributed by atoms with Crippen molar-refractivity contribution in [1.82, 2.24) is 4.90 Å². The minimum atomic E-state index is -0.453. The molecule has 1 amide bonds. The van der Waals surface area contributed by atoms with E-state index in [1.165, 1.54) is 4.90 Å². The second-order valence-corrected chi connectivity index (χ2v) is 2.99. The summed E-state index contributed by atoms with van der Waals surface area (Å²) in [6.45, 7) is 0.510. The Morgan fingerprint density at radius 2 is 2.29 bits per heavy atom. The number of amides is 1. The highest BCUT2D eigenvalue weighted by Crippen LogP contribution is 2.24. The molecule has 70 valence electrons. The van der Waals surface area contributed by atoms with Crippen molar-refractivity contribution in [2.45, 2.75) is 6.54 Å². The van der Waals surface area contributed by atoms with Crippen LogP contribution in [0.3, 0.4) is 0 Å². The van der Waals surface area contributed by atoms with Crippen LogP contribution in [0, 0.1) is 11.3 Å². The van der Waals surface area contributed by atoms with Crippen LogP contribution in [0.2, 0.25) is 0 Å². The van der Waals surface area contributed by atoms with Crippen LogP contribution in [0.5, 0.6) is 5.75 Å². The fourth-order valence-electron chi connectivity index (χ4n) is 1.37. The molecular weight excluding hydrogens is 180 g/mol. The summed E-state index contributed by atoms with van der Waals surface area (Å²) in [5.41, 5.74) is 0.933. The first kappa shape index (κ1) is 8.57. The van der Waals surface area contributed by atoms with Gasteiger partial charge in [0.05, 0.1) is 12.6 Å². The average molecular weight is 188 g/mol. The Morgan fingerprint density at radius 3 is 3.07 bits per heavy atom. The summed E-state index contributed by atoms with van der Waals surface area (Å²) in [6, 6.07) is 9.24. The van der Waals surface area contributed by atoms with Gasteiger partial charge in [-0.3, -0.25) is 4.90 Å². The molecule has 0 atom stereocenters. The maximum Gasteiger partial charge on any atom is 0.416 e. The van der Waals surface area contributed by atoms with Gasteiger partial charge in [-0.15, -0.1) is 0 Å². The summed E-state index contributed by atoms with van der Waals surface area (Å²) in [7, 11) is 0. The Labute approximate surface area is 81.3 Å². The lowest BCUT2D eigenvalue weighted by Crippen LogP contribution is -2.37. The second-order valence-electron chi connectivity index (χ2n) is 2.99. The van der Waals surface area contributed by atoms with Crippen LogP contribution in [0.25, 0.3) is 0 Å². The fraction of sp³-hybridized carbons (Fsp3) is 0.200. The van der Waals surface area contributed by atoms with Crippen LogP contribution in [0.4, 0.5) is 4.79 Å². The minimum Gasteiger partial charge on any atom is -0.410 e. The number of carbonyl (C=O) groups excluding carboxylic acids is 1. The van der Waals surface area contributed by atoms with Gasteiger partial charge in [0.15, 0.2) is 0 Å². The third kappa shape index (κ3) is 1.40. The largest absolute Gasteiger partial charge is 0.416 e. The van der Waals surface area contributed by atoms with Crippen molar-refractivity contribution in [3.8, 4) is 11.8 Å². The number of hydrogen-bond donors (Lipinski definition) is 0. The van der Waals surface area contributed by atoms with E-state index in [4.69, 9.17) is 10.00 Å². The van der Waals surface area contributed by atoms with Crippen LogP contribution in [0.15, 0.2) is 24.3 Å². The lowest BCUT2D eigenvalue weighted by atomic mass is 10.1. The molecule has 0 N–H and O–H groups in total. The third-order valence-corrected chi connectivity index (χ3v) is 2.05. The molecule has 4 heteroatoms. The van der Waals surface area contributed by atoms with Gasteiger partial charge in [0, 0.05) is 5.56 Å². The Kier molecular flexibility index (Phi) is 2.07. The summed E-state index contributed by atoms with van der Waals surface area (Å²) in [5.74, 6) is 0.590. The lowest BCUT2D eigenvalue weighted by Gasteiger charge is -2.25. The van der Waals surface area contributed by atoms with Crippen molar-refractivity contribution >= 4 is 6.09 Å². The maximum absolute atomic E-state index is 11.3. The molecule has 0 saturated heterocycles. The Bertz CT molecular complexity index is 409. The SMILES string of the molecule is N#CCN1Cc2ccccc2OC1=O. The number of nitriles is 1. The number of carbonyl (C=O) groups is 1. The van der Waals surface area contributed by atoms with Crippen molar-refractivity contribution in [3.05, 3.63) is 29.8 Å². The maximum atomic E-state index is 11.3. The lowest BCUT2D eigenvalue weighted by molar-refractivity contribution is 0.145. The molecule has 1 aliphatic rings. The first-order valence-electron chi connectivity index (χ1n) is 4.23. The molecule has 0 fully saturated rings. The zero-order chi connectivity index (χ0) is 9.97. The van der Waals surface area contributed by atoms with Gasteiger partial charge >= 0.3 is 6.09 Å². The van der Waals surface area contributed by atoms with E-state index in [1.807, 2.05) is 24.3 Å². The van der Waals surface area contributed by atoms with Gasteiger partial charge in [-0.1, -0.05) is 18.2 Å². The van der Waals surface area contributed by atoms with E-state index in [0.717, 1.165) is 5.56 Å². The summed E-state index contributed by atoms with van der Waals surface area (Å²) < 4.78 is 5.03. The predicted octanol–water partition coefficient (Wildman–Crippen LogP) is 1.52. The van der Waals surface area contributed by atoms with Gasteiger partial charge in [0.2, 0.25) is 0 Å². The van der Waals surface area contributed by atoms with Gasteiger partial charge in [-0.25, -0.2) is 4.79 Å². The fourth-order valence-corrected chi connectivity index (χ4v) is 1.37. The standard InChI is InChI=1S/C10H8N2O2/c11-5-6-12-7-8-3-1-2-4-9(8)14-10(12)13/h1-4H,6-7H2. The van der Waals surface area contributed by atoms with Crippen molar-refractivity contribution < 1.29 is 9.53 Å². The van der Waals surface area contributed by atoms with Crippen molar-refractivity contribution in [1.29, 1.82) is 5.26 Å². The van der Waals surface area contributed by atoms with Crippen LogP contribution < -0.4 is 4.74 Å². The number of benzene rings is 1. The molecule has 14 heavy (non-hydrogen) atoms. The molecule has 2 rings (SSSR count). The molecule has 1 aromatic carbocycles. The van der Waals surface area contributed by atoms with Crippen molar-refractivity contribution in [2.75, 3.05) is 6.54 Å². The Hall–Kier alpha value is -2.02. The van der Waals surface area contributed by atoms with E-state index in [2.05, 4.69) is 0 Å². The monoisotopic (exact) mass is 188 g/mol. The number of rotatable bonds is 1. The molecule has 0 radical (unpaired) electrons. The number of para-hydroxylation sites is 1. The predicted molar refractivity (Wildman–Crippen MR) is 48.5 cm³/mol. The molecule has 0 unspecified atom stereocenters. The highest BCUT2D eigenvalue weighted by Gasteiger charge is 2.23. The Balaban J connectivity index is 2.28. The van der Waals surface area contributed by atoms with E-state index in [0.29, 0.717) is 12.3 Å². The van der Waals surface area contributed by atoms with E-state index >= 15 is 0 Å². The van der Waals surface area contributed by atoms with E-state index in [1.54, 1.807) is 6.07 Å². The number of hydrogen-bond acceptors (Lipinski definition) is 3. The molecule has 0 saturated carbocycles. The van der Waals surface area contributed by atoms with Gasteiger partial charge in [-0.05, 0) is 6.07 Å².